The van der Waals surface area contributed by atoms with Crippen molar-refractivity contribution >= 4 is 51.3 Å². The van der Waals surface area contributed by atoms with Crippen molar-refractivity contribution in [3.8, 4) is 0 Å². The van der Waals surface area contributed by atoms with E-state index < -0.39 is 10.0 Å². The van der Waals surface area contributed by atoms with Crippen LogP contribution in [0.3, 0.4) is 0 Å². The molecule has 0 spiro atoms. The van der Waals surface area contributed by atoms with Gasteiger partial charge >= 0.3 is 0 Å². The Morgan fingerprint density at radius 2 is 2.09 bits per heavy atom. The molecule has 0 fully saturated rings. The number of nitrogens with zero attached hydrogens (tertiary/aromatic N) is 2. The number of aryl methyl sites for hydroxylation is 1. The number of aliphatic imine (C=N–C) groups is 1. The topological polar surface area (TPSA) is 95.5 Å². The van der Waals surface area contributed by atoms with Crippen LogP contribution in [0.2, 0.25) is 0 Å². The van der Waals surface area contributed by atoms with Crippen LogP contribution in [0.4, 0.5) is 0 Å². The molecule has 0 amide bonds. The predicted molar refractivity (Wildman–Crippen MR) is 103 cm³/mol. The van der Waals surface area contributed by atoms with E-state index in [0.717, 1.165) is 30.8 Å². The Hall–Kier alpha value is -0.460. The maximum atomic E-state index is 10.9. The molecule has 0 bridgehead atoms. The first-order valence-electron chi connectivity index (χ1n) is 6.79. The van der Waals surface area contributed by atoms with Crippen LogP contribution in [0.25, 0.3) is 0 Å². The van der Waals surface area contributed by atoms with E-state index in [9.17, 15) is 8.42 Å². The molecule has 128 valence electrons. The smallest absolute Gasteiger partial charge is 0.208 e. The van der Waals surface area contributed by atoms with E-state index in [2.05, 4.69) is 25.3 Å². The Bertz CT molecular complexity index is 560. The second-order valence-electron chi connectivity index (χ2n) is 4.47. The first kappa shape index (κ1) is 21.5. The highest BCUT2D eigenvalue weighted by molar-refractivity contribution is 14.0. The van der Waals surface area contributed by atoms with Crippen molar-refractivity contribution in [2.75, 3.05) is 32.4 Å². The highest BCUT2D eigenvalue weighted by Gasteiger charge is 2.01. The van der Waals surface area contributed by atoms with Crippen LogP contribution >= 0.6 is 35.3 Å². The van der Waals surface area contributed by atoms with Crippen molar-refractivity contribution in [3.63, 3.8) is 0 Å². The van der Waals surface area contributed by atoms with Gasteiger partial charge in [0, 0.05) is 37.1 Å². The van der Waals surface area contributed by atoms with Crippen molar-refractivity contribution in [2.24, 2.45) is 4.99 Å². The van der Waals surface area contributed by atoms with Gasteiger partial charge in [-0.15, -0.1) is 35.3 Å². The first-order valence-corrected chi connectivity index (χ1v) is 9.49. The quantitative estimate of drug-likeness (QED) is 0.230. The minimum Gasteiger partial charge on any atom is -0.357 e. The van der Waals surface area contributed by atoms with E-state index in [-0.39, 0.29) is 24.0 Å². The SMILES string of the molecule is CCNC(=NCCNS(C)(=O)=O)NCCc1ncc(C)s1.I. The molecule has 1 aromatic heterocycles. The molecule has 0 atom stereocenters. The van der Waals surface area contributed by atoms with Crippen molar-refractivity contribution in [3.05, 3.63) is 16.1 Å². The molecule has 0 saturated carbocycles. The van der Waals surface area contributed by atoms with Gasteiger partial charge in [-0.25, -0.2) is 18.1 Å². The van der Waals surface area contributed by atoms with Crippen LogP contribution in [0.15, 0.2) is 11.2 Å². The Labute approximate surface area is 153 Å². The summed E-state index contributed by atoms with van der Waals surface area (Å²) >= 11 is 1.69. The molecule has 0 aliphatic rings. The molecular weight excluding hydrogens is 437 g/mol. The summed E-state index contributed by atoms with van der Waals surface area (Å²) in [5, 5.41) is 7.41. The Morgan fingerprint density at radius 1 is 1.36 bits per heavy atom. The molecule has 1 rings (SSSR count). The molecule has 0 saturated heterocycles. The number of halogens is 1. The molecule has 0 radical (unpaired) electrons. The van der Waals surface area contributed by atoms with E-state index in [4.69, 9.17) is 0 Å². The third-order valence-corrected chi connectivity index (χ3v) is 4.09. The van der Waals surface area contributed by atoms with E-state index in [1.165, 1.54) is 4.88 Å². The van der Waals surface area contributed by atoms with E-state index in [1.807, 2.05) is 20.0 Å². The number of rotatable bonds is 8. The Balaban J connectivity index is 0.00000441. The second-order valence-corrected chi connectivity index (χ2v) is 7.62. The summed E-state index contributed by atoms with van der Waals surface area (Å²) in [7, 11) is -3.15. The molecule has 22 heavy (non-hydrogen) atoms. The number of guanidine groups is 1. The lowest BCUT2D eigenvalue weighted by molar-refractivity contribution is 0.588. The normalized spacial score (nSPS) is 11.9. The van der Waals surface area contributed by atoms with Crippen molar-refractivity contribution in [2.45, 2.75) is 20.3 Å². The third kappa shape index (κ3) is 10.3. The summed E-state index contributed by atoms with van der Waals surface area (Å²) < 4.78 is 24.3. The fraction of sp³-hybridized carbons (Fsp3) is 0.667. The minimum atomic E-state index is -3.15. The summed E-state index contributed by atoms with van der Waals surface area (Å²) in [6, 6.07) is 0. The molecule has 1 aromatic rings. The zero-order valence-corrected chi connectivity index (χ0v) is 17.0. The van der Waals surface area contributed by atoms with Crippen LogP contribution in [0.5, 0.6) is 0 Å². The fourth-order valence-corrected chi connectivity index (χ4v) is 2.79. The first-order chi connectivity index (χ1) is 9.90. The summed E-state index contributed by atoms with van der Waals surface area (Å²) in [6.07, 6.45) is 3.84. The fourth-order valence-electron chi connectivity index (χ4n) is 1.55. The number of hydrogen-bond acceptors (Lipinski definition) is 5. The summed E-state index contributed by atoms with van der Waals surface area (Å²) in [5.74, 6) is 0.682. The Kier molecular flexibility index (Phi) is 10.9. The maximum absolute atomic E-state index is 10.9. The van der Waals surface area contributed by atoms with Gasteiger partial charge in [-0.1, -0.05) is 0 Å². The average Bonchev–Trinajstić information content (AvgIpc) is 2.79. The largest absolute Gasteiger partial charge is 0.357 e. The lowest BCUT2D eigenvalue weighted by Crippen LogP contribution is -2.39. The van der Waals surface area contributed by atoms with Crippen molar-refractivity contribution in [1.29, 1.82) is 0 Å². The third-order valence-electron chi connectivity index (χ3n) is 2.39. The van der Waals surface area contributed by atoms with Crippen molar-refractivity contribution < 1.29 is 8.42 Å². The molecule has 3 N–H and O–H groups in total. The van der Waals surface area contributed by atoms with Crippen LogP contribution in [0, 0.1) is 6.92 Å². The number of thiazole rings is 1. The zero-order chi connectivity index (χ0) is 15.7. The molecular formula is C12H24IN5O2S2. The molecule has 1 heterocycles. The monoisotopic (exact) mass is 461 g/mol. The van der Waals surface area contributed by atoms with Gasteiger partial charge in [0.15, 0.2) is 5.96 Å². The van der Waals surface area contributed by atoms with E-state index in [1.54, 1.807) is 11.3 Å². The molecule has 0 aliphatic heterocycles. The van der Waals surface area contributed by atoms with Gasteiger partial charge in [-0.2, -0.15) is 0 Å². The van der Waals surface area contributed by atoms with Gasteiger partial charge in [0.2, 0.25) is 10.0 Å². The molecule has 0 aromatic carbocycles. The maximum Gasteiger partial charge on any atom is 0.208 e. The van der Waals surface area contributed by atoms with Crippen LogP contribution in [-0.2, 0) is 16.4 Å². The second kappa shape index (κ2) is 11.1. The number of nitrogens with one attached hydrogen (secondary N) is 3. The summed E-state index contributed by atoms with van der Waals surface area (Å²) in [6.45, 7) is 6.19. The number of hydrogen-bond donors (Lipinski definition) is 3. The van der Waals surface area contributed by atoms with Gasteiger partial charge in [0.1, 0.15) is 0 Å². The molecule has 7 nitrogen and oxygen atoms in total. The van der Waals surface area contributed by atoms with Gasteiger partial charge in [0.05, 0.1) is 17.8 Å². The van der Waals surface area contributed by atoms with E-state index in [0.29, 0.717) is 19.0 Å². The molecule has 10 heteroatoms. The molecule has 0 aliphatic carbocycles. The summed E-state index contributed by atoms with van der Waals surface area (Å²) in [4.78, 5) is 9.81. The average molecular weight is 461 g/mol. The van der Waals surface area contributed by atoms with Gasteiger partial charge in [0.25, 0.3) is 0 Å². The lowest BCUT2D eigenvalue weighted by Gasteiger charge is -2.10. The minimum absolute atomic E-state index is 0. The van der Waals surface area contributed by atoms with Crippen LogP contribution in [0.1, 0.15) is 16.8 Å². The predicted octanol–water partition coefficient (Wildman–Crippen LogP) is 0.716. The van der Waals surface area contributed by atoms with Gasteiger partial charge in [-0.05, 0) is 13.8 Å². The zero-order valence-electron chi connectivity index (χ0n) is 13.0. The molecule has 0 unspecified atom stereocenters. The van der Waals surface area contributed by atoms with Gasteiger partial charge in [-0.3, -0.25) is 4.99 Å². The van der Waals surface area contributed by atoms with Crippen LogP contribution in [-0.4, -0.2) is 51.8 Å². The standard InChI is InChI=1S/C12H23N5O2S2.HI/c1-4-13-12(15-7-8-17-21(3,18)19)14-6-5-11-16-9-10(2)20-11;/h9,17H,4-8H2,1-3H3,(H2,13,14,15);1H. The number of sulfonamides is 1. The van der Waals surface area contributed by atoms with E-state index >= 15 is 0 Å². The van der Waals surface area contributed by atoms with Crippen molar-refractivity contribution in [1.82, 2.24) is 20.3 Å². The highest BCUT2D eigenvalue weighted by atomic mass is 127. The highest BCUT2D eigenvalue weighted by Crippen LogP contribution is 2.10. The number of aromatic nitrogens is 1. The van der Waals surface area contributed by atoms with Crippen LogP contribution < -0.4 is 15.4 Å². The summed E-state index contributed by atoms with van der Waals surface area (Å²) in [5.41, 5.74) is 0. The Morgan fingerprint density at radius 3 is 2.64 bits per heavy atom. The van der Waals surface area contributed by atoms with Gasteiger partial charge < -0.3 is 10.6 Å². The lowest BCUT2D eigenvalue weighted by atomic mass is 10.4.